The van der Waals surface area contributed by atoms with E-state index in [1.165, 1.54) is 4.90 Å². The van der Waals surface area contributed by atoms with Gasteiger partial charge in [0.1, 0.15) is 0 Å². The fraction of sp³-hybridized carbons (Fsp3) is 0.250. The van der Waals surface area contributed by atoms with Gasteiger partial charge in [-0.3, -0.25) is 0 Å². The molecule has 0 heterocycles. The normalized spacial score (nSPS) is 9.70. The summed E-state index contributed by atoms with van der Waals surface area (Å²) in [5.41, 5.74) is 0. The summed E-state index contributed by atoms with van der Waals surface area (Å²) >= 11 is 6.78. The van der Waals surface area contributed by atoms with E-state index in [2.05, 4.69) is 19.1 Å². The Hall–Kier alpha value is -0.210. The van der Waals surface area contributed by atoms with Gasteiger partial charge in [0, 0.05) is 4.90 Å². The lowest BCUT2D eigenvalue weighted by Crippen LogP contribution is -1.72. The van der Waals surface area contributed by atoms with Crippen LogP contribution in [0, 0.1) is 0 Å². The quantitative estimate of drug-likeness (QED) is 0.493. The fourth-order valence-electron chi connectivity index (χ4n) is 0.703. The highest BCUT2D eigenvalue weighted by molar-refractivity contribution is 7.99. The summed E-state index contributed by atoms with van der Waals surface area (Å²) in [7, 11) is 0. The molecule has 10 heavy (non-hydrogen) atoms. The molecule has 0 aliphatic carbocycles. The number of hydrogen-bond acceptors (Lipinski definition) is 2. The molecule has 0 fully saturated rings. The Bertz CT molecular complexity index is 191. The summed E-state index contributed by atoms with van der Waals surface area (Å²) in [6.45, 7) is 2.15. The first-order valence-corrected chi connectivity index (χ1v) is 4.62. The van der Waals surface area contributed by atoms with Crippen LogP contribution in [0.25, 0.3) is 0 Å². The second kappa shape index (κ2) is 3.84. The zero-order chi connectivity index (χ0) is 7.40. The Morgan fingerprint density at radius 2 is 1.90 bits per heavy atom. The van der Waals surface area contributed by atoms with E-state index >= 15 is 0 Å². The minimum Gasteiger partial charge on any atom is -0.780 e. The van der Waals surface area contributed by atoms with Gasteiger partial charge < -0.3 is 12.6 Å². The Morgan fingerprint density at radius 3 is 2.40 bits per heavy atom. The molecule has 1 rings (SSSR count). The lowest BCUT2D eigenvalue weighted by Gasteiger charge is -2.04. The van der Waals surface area contributed by atoms with Crippen LogP contribution in [-0.2, 0) is 12.6 Å². The van der Waals surface area contributed by atoms with E-state index in [1.54, 1.807) is 0 Å². The summed E-state index contributed by atoms with van der Waals surface area (Å²) < 4.78 is 0. The molecule has 0 unspecified atom stereocenters. The topological polar surface area (TPSA) is 0 Å². The van der Waals surface area contributed by atoms with Crippen molar-refractivity contribution in [2.24, 2.45) is 0 Å². The first-order valence-electron chi connectivity index (χ1n) is 3.23. The molecule has 1 aromatic carbocycles. The van der Waals surface area contributed by atoms with Crippen molar-refractivity contribution < 1.29 is 0 Å². The van der Waals surface area contributed by atoms with Crippen LogP contribution in [-0.4, -0.2) is 5.75 Å². The van der Waals surface area contributed by atoms with Gasteiger partial charge in [-0.25, -0.2) is 0 Å². The summed E-state index contributed by atoms with van der Waals surface area (Å²) in [6.07, 6.45) is 0. The second-order valence-electron chi connectivity index (χ2n) is 1.90. The molecule has 54 valence electrons. The van der Waals surface area contributed by atoms with Gasteiger partial charge in [0.2, 0.25) is 0 Å². The minimum atomic E-state index is 0.917. The van der Waals surface area contributed by atoms with E-state index in [-0.39, 0.29) is 0 Å². The lowest BCUT2D eigenvalue weighted by molar-refractivity contribution is 1.35. The van der Waals surface area contributed by atoms with Crippen LogP contribution in [0.15, 0.2) is 34.1 Å². The first-order chi connectivity index (χ1) is 4.83. The summed E-state index contributed by atoms with van der Waals surface area (Å²) in [5.74, 6) is 1.12. The molecule has 2 heteroatoms. The largest absolute Gasteiger partial charge is 0.780 e. The molecule has 0 saturated heterocycles. The van der Waals surface area contributed by atoms with Crippen molar-refractivity contribution in [3.8, 4) is 0 Å². The third-order valence-electron chi connectivity index (χ3n) is 1.13. The van der Waals surface area contributed by atoms with E-state index in [1.807, 2.05) is 23.9 Å². The molecular formula is C8H9S2-. The minimum absolute atomic E-state index is 0.917. The molecule has 0 aromatic heterocycles. The average molecular weight is 169 g/mol. The van der Waals surface area contributed by atoms with Gasteiger partial charge in [0.05, 0.1) is 0 Å². The van der Waals surface area contributed by atoms with Crippen molar-refractivity contribution in [1.82, 2.24) is 0 Å². The molecule has 1 aromatic rings. The molecule has 0 spiro atoms. The van der Waals surface area contributed by atoms with Crippen LogP contribution in [0.5, 0.6) is 0 Å². The molecule has 0 nitrogen and oxygen atoms in total. The molecular weight excluding hydrogens is 160 g/mol. The fourth-order valence-corrected chi connectivity index (χ4v) is 1.50. The van der Waals surface area contributed by atoms with Crippen LogP contribution >= 0.6 is 11.8 Å². The highest BCUT2D eigenvalue weighted by atomic mass is 32.2. The number of hydrogen-bond donors (Lipinski definition) is 0. The number of rotatable bonds is 2. The van der Waals surface area contributed by atoms with Crippen LogP contribution in [0.2, 0.25) is 0 Å². The van der Waals surface area contributed by atoms with Gasteiger partial charge in [0.15, 0.2) is 0 Å². The van der Waals surface area contributed by atoms with Gasteiger partial charge >= 0.3 is 0 Å². The van der Waals surface area contributed by atoms with Gasteiger partial charge in [-0.1, -0.05) is 31.2 Å². The first kappa shape index (κ1) is 7.89. The van der Waals surface area contributed by atoms with E-state index in [9.17, 15) is 0 Å². The monoisotopic (exact) mass is 169 g/mol. The molecule has 0 saturated carbocycles. The van der Waals surface area contributed by atoms with Crippen LogP contribution in [0.4, 0.5) is 0 Å². The maximum absolute atomic E-state index is 4.95. The van der Waals surface area contributed by atoms with Crippen LogP contribution in [0.3, 0.4) is 0 Å². The average Bonchev–Trinajstić information content (AvgIpc) is 1.95. The third-order valence-corrected chi connectivity index (χ3v) is 2.30. The maximum atomic E-state index is 4.95. The number of benzene rings is 1. The van der Waals surface area contributed by atoms with E-state index < -0.39 is 0 Å². The lowest BCUT2D eigenvalue weighted by atomic mass is 10.4. The molecule has 0 atom stereocenters. The maximum Gasteiger partial charge on any atom is 0.00707 e. The zero-order valence-electron chi connectivity index (χ0n) is 5.83. The van der Waals surface area contributed by atoms with E-state index in [0.29, 0.717) is 0 Å². The third kappa shape index (κ3) is 2.20. The summed E-state index contributed by atoms with van der Waals surface area (Å²) in [6, 6.07) is 8.06. The van der Waals surface area contributed by atoms with Crippen molar-refractivity contribution >= 4 is 24.4 Å². The molecule has 0 N–H and O–H groups in total. The second-order valence-corrected chi connectivity index (χ2v) is 3.71. The summed E-state index contributed by atoms with van der Waals surface area (Å²) in [5, 5.41) is 0. The number of thioether (sulfide) groups is 1. The predicted molar refractivity (Wildman–Crippen MR) is 48.5 cm³/mol. The zero-order valence-corrected chi connectivity index (χ0v) is 7.47. The van der Waals surface area contributed by atoms with E-state index in [4.69, 9.17) is 12.6 Å². The van der Waals surface area contributed by atoms with Crippen molar-refractivity contribution in [2.75, 3.05) is 5.75 Å². The van der Waals surface area contributed by atoms with Gasteiger partial charge in [-0.15, -0.1) is 11.8 Å². The van der Waals surface area contributed by atoms with Gasteiger partial charge in [0.25, 0.3) is 0 Å². The van der Waals surface area contributed by atoms with Gasteiger partial charge in [-0.2, -0.15) is 4.90 Å². The Balaban J connectivity index is 2.69. The van der Waals surface area contributed by atoms with Crippen molar-refractivity contribution in [3.63, 3.8) is 0 Å². The Labute approximate surface area is 71.4 Å². The summed E-state index contributed by atoms with van der Waals surface area (Å²) in [4.78, 5) is 2.22. The highest BCUT2D eigenvalue weighted by Gasteiger charge is 1.85. The molecule has 0 radical (unpaired) electrons. The van der Waals surface area contributed by atoms with Crippen molar-refractivity contribution in [2.45, 2.75) is 16.7 Å². The molecule has 0 aliphatic heterocycles. The predicted octanol–water partition coefficient (Wildman–Crippen LogP) is 2.70. The Kier molecular flexibility index (Phi) is 3.03. The Morgan fingerprint density at radius 1 is 1.30 bits per heavy atom. The van der Waals surface area contributed by atoms with Crippen LogP contribution in [0.1, 0.15) is 6.92 Å². The van der Waals surface area contributed by atoms with Crippen molar-refractivity contribution in [1.29, 1.82) is 0 Å². The standard InChI is InChI=1S/C8H10S2/c1-2-10-8-5-3-7(9)4-6-8/h3-6,9H,2H2,1H3/p-1. The SMILES string of the molecule is CCSc1ccc([S-])cc1. The molecule has 0 amide bonds. The van der Waals surface area contributed by atoms with E-state index in [0.717, 1.165) is 10.6 Å². The highest BCUT2D eigenvalue weighted by Crippen LogP contribution is 2.17. The van der Waals surface area contributed by atoms with Gasteiger partial charge in [-0.05, 0) is 5.75 Å². The smallest absolute Gasteiger partial charge is 0.00707 e. The molecule has 0 aliphatic rings. The molecule has 0 bridgehead atoms. The van der Waals surface area contributed by atoms with Crippen molar-refractivity contribution in [3.05, 3.63) is 24.3 Å². The van der Waals surface area contributed by atoms with Crippen LogP contribution < -0.4 is 0 Å².